The third-order valence-electron chi connectivity index (χ3n) is 2.81. The van der Waals surface area contributed by atoms with Gasteiger partial charge >= 0.3 is 0 Å². The third kappa shape index (κ3) is 2.59. The first kappa shape index (κ1) is 14.2. The highest BCUT2D eigenvalue weighted by Gasteiger charge is 2.23. The van der Waals surface area contributed by atoms with Crippen molar-refractivity contribution in [3.8, 4) is 5.75 Å². The number of thiophene rings is 1. The summed E-state index contributed by atoms with van der Waals surface area (Å²) < 4.78 is 32.7. The van der Waals surface area contributed by atoms with Crippen LogP contribution in [0.3, 0.4) is 0 Å². The molecule has 1 aromatic heterocycles. The largest absolute Gasteiger partial charge is 0.497 e. The van der Waals surface area contributed by atoms with Crippen molar-refractivity contribution in [2.24, 2.45) is 5.73 Å². The van der Waals surface area contributed by atoms with Crippen molar-refractivity contribution >= 4 is 22.9 Å². The molecule has 0 saturated heterocycles. The van der Waals surface area contributed by atoms with Crippen LogP contribution in [0.5, 0.6) is 5.75 Å². The van der Waals surface area contributed by atoms with Crippen LogP contribution in [-0.2, 0) is 0 Å². The van der Waals surface area contributed by atoms with Crippen LogP contribution >= 0.6 is 22.9 Å². The number of methoxy groups -OCH3 is 1. The van der Waals surface area contributed by atoms with Gasteiger partial charge in [0.25, 0.3) is 0 Å². The van der Waals surface area contributed by atoms with E-state index in [-0.39, 0.29) is 11.3 Å². The fourth-order valence-corrected chi connectivity index (χ4v) is 3.09. The fraction of sp³-hybridized carbons (Fsp3) is 0.231. The Morgan fingerprint density at radius 1 is 1.32 bits per heavy atom. The number of ether oxygens (including phenoxy) is 1. The van der Waals surface area contributed by atoms with Crippen LogP contribution in [-0.4, -0.2) is 7.11 Å². The summed E-state index contributed by atoms with van der Waals surface area (Å²) in [6, 6.07) is 1.27. The van der Waals surface area contributed by atoms with Crippen LogP contribution in [0.1, 0.15) is 22.0 Å². The van der Waals surface area contributed by atoms with E-state index >= 15 is 0 Å². The molecular weight excluding hydrogens is 292 g/mol. The molecule has 1 unspecified atom stereocenters. The Labute approximate surface area is 118 Å². The number of aryl methyl sites for hydroxylation is 1. The Kier molecular flexibility index (Phi) is 4.08. The lowest BCUT2D eigenvalue weighted by Crippen LogP contribution is -2.15. The van der Waals surface area contributed by atoms with E-state index in [1.54, 1.807) is 5.38 Å². The molecule has 2 aromatic rings. The molecule has 0 spiro atoms. The number of hydrogen-bond acceptors (Lipinski definition) is 3. The topological polar surface area (TPSA) is 35.2 Å². The van der Waals surface area contributed by atoms with Crippen molar-refractivity contribution < 1.29 is 13.5 Å². The molecule has 0 aliphatic rings. The zero-order valence-corrected chi connectivity index (χ0v) is 11.9. The van der Waals surface area contributed by atoms with Gasteiger partial charge in [0, 0.05) is 22.6 Å². The maximum Gasteiger partial charge on any atom is 0.134 e. The number of benzene rings is 1. The molecule has 2 N–H and O–H groups in total. The maximum atomic E-state index is 13.9. The lowest BCUT2D eigenvalue weighted by Gasteiger charge is -2.14. The summed E-state index contributed by atoms with van der Waals surface area (Å²) in [5, 5.41) is 2.25. The summed E-state index contributed by atoms with van der Waals surface area (Å²) in [6.45, 7) is 1.82. The van der Waals surface area contributed by atoms with E-state index in [1.165, 1.54) is 18.4 Å². The van der Waals surface area contributed by atoms with Gasteiger partial charge in [-0.2, -0.15) is 0 Å². The highest BCUT2D eigenvalue weighted by molar-refractivity contribution is 7.10. The normalized spacial score (nSPS) is 12.5. The van der Waals surface area contributed by atoms with Crippen molar-refractivity contribution in [2.75, 3.05) is 7.11 Å². The molecule has 1 aromatic carbocycles. The first-order chi connectivity index (χ1) is 8.95. The Hall–Kier alpha value is -1.17. The van der Waals surface area contributed by atoms with Gasteiger partial charge in [0.05, 0.1) is 18.2 Å². The van der Waals surface area contributed by atoms with Gasteiger partial charge in [-0.25, -0.2) is 8.78 Å². The van der Waals surface area contributed by atoms with Gasteiger partial charge in [0.1, 0.15) is 17.4 Å². The van der Waals surface area contributed by atoms with Crippen molar-refractivity contribution in [1.29, 1.82) is 0 Å². The Morgan fingerprint density at radius 2 is 1.89 bits per heavy atom. The minimum Gasteiger partial charge on any atom is -0.497 e. The molecule has 0 saturated carbocycles. The summed E-state index contributed by atoms with van der Waals surface area (Å²) in [7, 11) is 1.34. The van der Waals surface area contributed by atoms with E-state index in [0.29, 0.717) is 9.90 Å². The van der Waals surface area contributed by atoms with Gasteiger partial charge < -0.3 is 10.5 Å². The first-order valence-corrected chi connectivity index (χ1v) is 6.73. The molecule has 1 heterocycles. The maximum absolute atomic E-state index is 13.9. The number of nitrogens with two attached hydrogens (primary N) is 1. The van der Waals surface area contributed by atoms with E-state index in [9.17, 15) is 8.78 Å². The SMILES string of the molecule is COc1cc(F)c(C(N)c2scc(C)c2Cl)c(F)c1. The molecular formula is C13H12ClF2NOS. The van der Waals surface area contributed by atoms with Crippen LogP contribution in [0.4, 0.5) is 8.78 Å². The quantitative estimate of drug-likeness (QED) is 0.928. The van der Waals surface area contributed by atoms with Gasteiger partial charge in [0.2, 0.25) is 0 Å². The van der Waals surface area contributed by atoms with Crippen molar-refractivity contribution in [3.05, 3.63) is 50.2 Å². The van der Waals surface area contributed by atoms with E-state index in [0.717, 1.165) is 17.7 Å². The summed E-state index contributed by atoms with van der Waals surface area (Å²) >= 11 is 7.36. The minimum atomic E-state index is -0.933. The van der Waals surface area contributed by atoms with Crippen molar-refractivity contribution in [3.63, 3.8) is 0 Å². The molecule has 0 aliphatic carbocycles. The Morgan fingerprint density at radius 3 is 2.32 bits per heavy atom. The van der Waals surface area contributed by atoms with Crippen LogP contribution in [0.15, 0.2) is 17.5 Å². The van der Waals surface area contributed by atoms with E-state index < -0.39 is 17.7 Å². The summed E-state index contributed by atoms with van der Waals surface area (Å²) in [5.41, 5.74) is 6.56. The van der Waals surface area contributed by atoms with E-state index in [2.05, 4.69) is 0 Å². The molecule has 2 rings (SSSR count). The van der Waals surface area contributed by atoms with Gasteiger partial charge in [-0.15, -0.1) is 11.3 Å². The smallest absolute Gasteiger partial charge is 0.134 e. The second-order valence-corrected chi connectivity index (χ2v) is 5.37. The number of hydrogen-bond donors (Lipinski definition) is 1. The number of halogens is 3. The zero-order chi connectivity index (χ0) is 14.2. The average Bonchev–Trinajstić information content (AvgIpc) is 2.68. The predicted molar refractivity (Wildman–Crippen MR) is 73.0 cm³/mol. The van der Waals surface area contributed by atoms with Crippen LogP contribution in [0.2, 0.25) is 5.02 Å². The van der Waals surface area contributed by atoms with E-state index in [4.69, 9.17) is 22.1 Å². The van der Waals surface area contributed by atoms with Gasteiger partial charge in [0.15, 0.2) is 0 Å². The van der Waals surface area contributed by atoms with Crippen LogP contribution < -0.4 is 10.5 Å². The van der Waals surface area contributed by atoms with Crippen LogP contribution in [0.25, 0.3) is 0 Å². The number of rotatable bonds is 3. The lowest BCUT2D eigenvalue weighted by molar-refractivity contribution is 0.404. The van der Waals surface area contributed by atoms with Crippen molar-refractivity contribution in [2.45, 2.75) is 13.0 Å². The van der Waals surface area contributed by atoms with Crippen molar-refractivity contribution in [1.82, 2.24) is 0 Å². The standard InChI is InChI=1S/C13H12ClF2NOS/c1-6-5-19-13(11(6)14)12(17)10-8(15)3-7(18-2)4-9(10)16/h3-5,12H,17H2,1-2H3. The molecule has 0 fully saturated rings. The lowest BCUT2D eigenvalue weighted by atomic mass is 10.0. The minimum absolute atomic E-state index is 0.111. The Bertz CT molecular complexity index is 592. The molecule has 2 nitrogen and oxygen atoms in total. The van der Waals surface area contributed by atoms with Gasteiger partial charge in [-0.05, 0) is 17.9 Å². The molecule has 1 atom stereocenters. The highest BCUT2D eigenvalue weighted by atomic mass is 35.5. The molecule has 102 valence electrons. The molecule has 19 heavy (non-hydrogen) atoms. The molecule has 0 radical (unpaired) electrons. The summed E-state index contributed by atoms with van der Waals surface area (Å²) in [6.07, 6.45) is 0. The molecule has 6 heteroatoms. The zero-order valence-electron chi connectivity index (χ0n) is 10.3. The first-order valence-electron chi connectivity index (χ1n) is 5.47. The third-order valence-corrected chi connectivity index (χ3v) is 4.60. The molecule has 0 amide bonds. The second-order valence-electron chi connectivity index (χ2n) is 4.08. The monoisotopic (exact) mass is 303 g/mol. The second kappa shape index (κ2) is 5.45. The fourth-order valence-electron chi connectivity index (χ4n) is 1.77. The highest BCUT2D eigenvalue weighted by Crippen LogP contribution is 2.36. The molecule has 0 aliphatic heterocycles. The average molecular weight is 304 g/mol. The summed E-state index contributed by atoms with van der Waals surface area (Å²) in [5.74, 6) is -1.38. The predicted octanol–water partition coefficient (Wildman–Crippen LogP) is 4.04. The van der Waals surface area contributed by atoms with Gasteiger partial charge in [-0.1, -0.05) is 11.6 Å². The van der Waals surface area contributed by atoms with Crippen LogP contribution in [0, 0.1) is 18.6 Å². The summed E-state index contributed by atoms with van der Waals surface area (Å²) in [4.78, 5) is 0.544. The Balaban J connectivity index is 2.50. The van der Waals surface area contributed by atoms with E-state index in [1.807, 2.05) is 6.92 Å². The molecule has 0 bridgehead atoms. The van der Waals surface area contributed by atoms with Gasteiger partial charge in [-0.3, -0.25) is 0 Å².